The third kappa shape index (κ3) is 3.48. The van der Waals surface area contributed by atoms with Gasteiger partial charge in [0.15, 0.2) is 0 Å². The summed E-state index contributed by atoms with van der Waals surface area (Å²) in [5, 5.41) is 12.7. The Hall–Kier alpha value is -1.08. The van der Waals surface area contributed by atoms with Crippen LogP contribution < -0.4 is 5.32 Å². The number of hydrogen-bond donors (Lipinski definition) is 1. The molecule has 1 aromatic carbocycles. The lowest BCUT2D eigenvalue weighted by Gasteiger charge is -2.23. The van der Waals surface area contributed by atoms with E-state index in [1.165, 1.54) is 12.5 Å². The molecule has 0 saturated heterocycles. The van der Waals surface area contributed by atoms with Crippen molar-refractivity contribution in [1.82, 2.24) is 0 Å². The molecule has 1 saturated carbocycles. The third-order valence-corrected chi connectivity index (χ3v) is 4.40. The normalized spacial score (nSPS) is 23.5. The van der Waals surface area contributed by atoms with Gasteiger partial charge in [-0.1, -0.05) is 19.3 Å². The Kier molecular flexibility index (Phi) is 4.81. The van der Waals surface area contributed by atoms with Gasteiger partial charge in [0.05, 0.1) is 16.5 Å². The summed E-state index contributed by atoms with van der Waals surface area (Å²) < 4.78 is 13.9. The van der Waals surface area contributed by atoms with E-state index >= 15 is 0 Å². The van der Waals surface area contributed by atoms with Crippen LogP contribution >= 0.6 is 15.9 Å². The smallest absolute Gasteiger partial charge is 0.137 e. The predicted molar refractivity (Wildman–Crippen MR) is 78.4 cm³/mol. The first-order valence-corrected chi connectivity index (χ1v) is 7.53. The monoisotopic (exact) mass is 324 g/mol. The largest absolute Gasteiger partial charge is 0.381 e. The molecule has 0 amide bonds. The predicted octanol–water partition coefficient (Wildman–Crippen LogP) is 4.78. The Morgan fingerprint density at radius 2 is 2.05 bits per heavy atom. The van der Waals surface area contributed by atoms with Crippen LogP contribution in [-0.4, -0.2) is 6.04 Å². The summed E-state index contributed by atoms with van der Waals surface area (Å²) in [5.74, 6) is -0.202. The van der Waals surface area contributed by atoms with Crippen molar-refractivity contribution in [1.29, 1.82) is 5.26 Å². The fourth-order valence-electron chi connectivity index (χ4n) is 2.64. The van der Waals surface area contributed by atoms with E-state index in [9.17, 15) is 9.65 Å². The average molecular weight is 325 g/mol. The molecule has 4 heteroatoms. The van der Waals surface area contributed by atoms with Crippen LogP contribution in [0.1, 0.15) is 37.7 Å². The van der Waals surface area contributed by atoms with Gasteiger partial charge in [-0.05, 0) is 53.4 Å². The first kappa shape index (κ1) is 14.3. The SMILES string of the molecule is Cc1cc(F)c(Br)cc1NC1CCCCCC1C#N. The summed E-state index contributed by atoms with van der Waals surface area (Å²) in [6.07, 6.45) is 5.43. The van der Waals surface area contributed by atoms with Gasteiger partial charge in [0.2, 0.25) is 0 Å². The van der Waals surface area contributed by atoms with E-state index in [2.05, 4.69) is 27.3 Å². The van der Waals surface area contributed by atoms with Crippen LogP contribution in [0.15, 0.2) is 16.6 Å². The molecule has 2 nitrogen and oxygen atoms in total. The zero-order valence-electron chi connectivity index (χ0n) is 11.0. The molecule has 0 spiro atoms. The van der Waals surface area contributed by atoms with Gasteiger partial charge in [-0.2, -0.15) is 5.26 Å². The second-order valence-corrected chi connectivity index (χ2v) is 6.06. The van der Waals surface area contributed by atoms with E-state index in [-0.39, 0.29) is 17.8 Å². The van der Waals surface area contributed by atoms with Gasteiger partial charge in [0.1, 0.15) is 5.82 Å². The number of anilines is 1. The van der Waals surface area contributed by atoms with E-state index in [4.69, 9.17) is 0 Å². The molecule has 19 heavy (non-hydrogen) atoms. The molecular weight excluding hydrogens is 307 g/mol. The van der Waals surface area contributed by atoms with Gasteiger partial charge in [-0.15, -0.1) is 0 Å². The van der Waals surface area contributed by atoms with E-state index < -0.39 is 0 Å². The van der Waals surface area contributed by atoms with Crippen molar-refractivity contribution < 1.29 is 4.39 Å². The highest BCUT2D eigenvalue weighted by molar-refractivity contribution is 9.10. The maximum atomic E-state index is 13.4. The quantitative estimate of drug-likeness (QED) is 0.794. The highest BCUT2D eigenvalue weighted by Gasteiger charge is 2.23. The molecule has 0 bridgehead atoms. The van der Waals surface area contributed by atoms with Crippen LogP contribution in [0.4, 0.5) is 10.1 Å². The third-order valence-electron chi connectivity index (χ3n) is 3.79. The van der Waals surface area contributed by atoms with Gasteiger partial charge < -0.3 is 5.32 Å². The molecular formula is C15H18BrFN2. The Morgan fingerprint density at radius 1 is 1.32 bits per heavy atom. The maximum Gasteiger partial charge on any atom is 0.137 e. The summed E-state index contributed by atoms with van der Waals surface area (Å²) in [7, 11) is 0. The number of nitrogens with one attached hydrogen (secondary N) is 1. The number of aryl methyl sites for hydroxylation is 1. The number of rotatable bonds is 2. The summed E-state index contributed by atoms with van der Waals surface area (Å²) >= 11 is 3.21. The standard InChI is InChI=1S/C15H18BrFN2/c1-10-7-13(17)12(16)8-15(10)19-14-6-4-2-3-5-11(14)9-18/h7-8,11,14,19H,2-6H2,1H3. The molecule has 0 aliphatic heterocycles. The van der Waals surface area contributed by atoms with Crippen molar-refractivity contribution in [2.45, 2.75) is 45.1 Å². The summed E-state index contributed by atoms with van der Waals surface area (Å²) in [6, 6.07) is 5.87. The van der Waals surface area contributed by atoms with E-state index in [0.29, 0.717) is 4.47 Å². The van der Waals surface area contributed by atoms with E-state index in [1.54, 1.807) is 6.07 Å². The van der Waals surface area contributed by atoms with E-state index in [1.807, 2.05) is 6.92 Å². The molecule has 1 N–H and O–H groups in total. The van der Waals surface area contributed by atoms with Gasteiger partial charge in [-0.25, -0.2) is 4.39 Å². The number of hydrogen-bond acceptors (Lipinski definition) is 2. The van der Waals surface area contributed by atoms with Crippen molar-refractivity contribution in [3.8, 4) is 6.07 Å². The second kappa shape index (κ2) is 6.38. The van der Waals surface area contributed by atoms with Crippen molar-refractivity contribution in [3.63, 3.8) is 0 Å². The van der Waals surface area contributed by atoms with E-state index in [0.717, 1.165) is 36.9 Å². The molecule has 1 aliphatic rings. The first-order valence-electron chi connectivity index (χ1n) is 6.73. The molecule has 0 aromatic heterocycles. The number of halogens is 2. The molecule has 0 radical (unpaired) electrons. The molecule has 1 fully saturated rings. The number of benzene rings is 1. The number of nitrogens with zero attached hydrogens (tertiary/aromatic N) is 1. The maximum absolute atomic E-state index is 13.4. The van der Waals surface area contributed by atoms with Crippen molar-refractivity contribution in [3.05, 3.63) is 28.0 Å². The van der Waals surface area contributed by atoms with Gasteiger partial charge in [0.25, 0.3) is 0 Å². The fourth-order valence-corrected chi connectivity index (χ4v) is 2.98. The Labute approximate surface area is 122 Å². The molecule has 2 atom stereocenters. The summed E-state index contributed by atoms with van der Waals surface area (Å²) in [6.45, 7) is 1.88. The van der Waals surface area contributed by atoms with Crippen LogP contribution in [0.2, 0.25) is 0 Å². The minimum atomic E-state index is -0.249. The Bertz CT molecular complexity index is 496. The number of nitriles is 1. The summed E-state index contributed by atoms with van der Waals surface area (Å²) in [5.41, 5.74) is 1.79. The average Bonchev–Trinajstić information content (AvgIpc) is 2.61. The molecule has 2 unspecified atom stereocenters. The fraction of sp³-hybridized carbons (Fsp3) is 0.533. The van der Waals surface area contributed by atoms with Crippen LogP contribution in [0.3, 0.4) is 0 Å². The lowest BCUT2D eigenvalue weighted by atomic mass is 9.96. The van der Waals surface area contributed by atoms with Crippen molar-refractivity contribution in [2.24, 2.45) is 5.92 Å². The zero-order valence-corrected chi connectivity index (χ0v) is 12.6. The van der Waals surface area contributed by atoms with Crippen molar-refractivity contribution >= 4 is 21.6 Å². The zero-order chi connectivity index (χ0) is 13.8. The molecule has 2 rings (SSSR count). The minimum absolute atomic E-state index is 0.0470. The van der Waals surface area contributed by atoms with Gasteiger partial charge in [0, 0.05) is 11.7 Å². The first-order chi connectivity index (χ1) is 9.11. The second-order valence-electron chi connectivity index (χ2n) is 5.21. The van der Waals surface area contributed by atoms with Crippen LogP contribution in [0.25, 0.3) is 0 Å². The lowest BCUT2D eigenvalue weighted by molar-refractivity contribution is 0.514. The van der Waals surface area contributed by atoms with Gasteiger partial charge >= 0.3 is 0 Å². The Balaban J connectivity index is 2.19. The molecule has 1 aliphatic carbocycles. The Morgan fingerprint density at radius 3 is 2.79 bits per heavy atom. The highest BCUT2D eigenvalue weighted by atomic mass is 79.9. The van der Waals surface area contributed by atoms with Gasteiger partial charge in [-0.3, -0.25) is 0 Å². The lowest BCUT2D eigenvalue weighted by Crippen LogP contribution is -2.27. The minimum Gasteiger partial charge on any atom is -0.381 e. The van der Waals surface area contributed by atoms with Crippen LogP contribution in [-0.2, 0) is 0 Å². The highest BCUT2D eigenvalue weighted by Crippen LogP contribution is 2.29. The van der Waals surface area contributed by atoms with Crippen LogP contribution in [0.5, 0.6) is 0 Å². The topological polar surface area (TPSA) is 35.8 Å². The van der Waals surface area contributed by atoms with Crippen molar-refractivity contribution in [2.75, 3.05) is 5.32 Å². The molecule has 1 aromatic rings. The molecule has 102 valence electrons. The molecule has 0 heterocycles. The summed E-state index contributed by atoms with van der Waals surface area (Å²) in [4.78, 5) is 0. The van der Waals surface area contributed by atoms with Crippen LogP contribution in [0, 0.1) is 30.0 Å².